The summed E-state index contributed by atoms with van der Waals surface area (Å²) in [7, 11) is 1.65. The molecule has 0 fully saturated rings. The number of H-pyrrole nitrogens is 1. The molecule has 0 bridgehead atoms. The van der Waals surface area contributed by atoms with Gasteiger partial charge in [0.1, 0.15) is 17.1 Å². The molecule has 0 unspecified atom stereocenters. The number of hydrogen-bond donors (Lipinski definition) is 1. The van der Waals surface area contributed by atoms with Gasteiger partial charge in [-0.05, 0) is 36.1 Å². The molecular weight excluding hydrogens is 464 g/mol. The minimum Gasteiger partial charge on any atom is -0.497 e. The number of Topliss-reactive ketones (excluding diaryl/α,β-unsaturated/α-hetero) is 1. The Bertz CT molecular complexity index is 1540. The van der Waals surface area contributed by atoms with Gasteiger partial charge >= 0.3 is 0 Å². The molecule has 9 heteroatoms. The van der Waals surface area contributed by atoms with Crippen LogP contribution in [0.15, 0.2) is 30.3 Å². The molecule has 1 aliphatic carbocycles. The molecule has 0 radical (unpaired) electrons. The van der Waals surface area contributed by atoms with Gasteiger partial charge in [-0.1, -0.05) is 36.8 Å². The number of imidazole rings is 2. The van der Waals surface area contributed by atoms with Crippen molar-refractivity contribution in [2.75, 3.05) is 7.11 Å². The fourth-order valence-corrected chi connectivity index (χ4v) is 6.55. The molecule has 6 rings (SSSR count). The monoisotopic (exact) mass is 482 g/mol. The van der Waals surface area contributed by atoms with Crippen LogP contribution in [0.5, 0.6) is 5.75 Å². The Morgan fingerprint density at radius 3 is 2.75 bits per heavy atom. The summed E-state index contributed by atoms with van der Waals surface area (Å²) in [5.41, 5.74) is 4.30. The number of carbonyl (C=O) groups excluding carboxylic acids is 1. The predicted molar refractivity (Wildman–Crippen MR) is 129 cm³/mol. The first kappa shape index (κ1) is 20.0. The molecule has 5 aromatic rings. The molecule has 1 N–H and O–H groups in total. The van der Waals surface area contributed by atoms with E-state index >= 15 is 0 Å². The number of nitrogens with one attached hydrogen (secondary N) is 1. The molecule has 32 heavy (non-hydrogen) atoms. The summed E-state index contributed by atoms with van der Waals surface area (Å²) in [6, 6.07) is 9.62. The Labute approximate surface area is 196 Å². The number of aromatic nitrogens is 4. The second-order valence-electron chi connectivity index (χ2n) is 8.82. The van der Waals surface area contributed by atoms with Crippen molar-refractivity contribution in [3.8, 4) is 27.8 Å². The number of aromatic amines is 1. The van der Waals surface area contributed by atoms with Gasteiger partial charge in [0.25, 0.3) is 0 Å². The third kappa shape index (κ3) is 3.01. The van der Waals surface area contributed by atoms with Crippen molar-refractivity contribution in [3.63, 3.8) is 0 Å². The van der Waals surface area contributed by atoms with E-state index in [1.165, 1.54) is 22.7 Å². The first-order chi connectivity index (χ1) is 15.3. The number of hydrogen-bond acceptors (Lipinski definition) is 6. The van der Waals surface area contributed by atoms with Crippen LogP contribution >= 0.6 is 34.3 Å². The van der Waals surface area contributed by atoms with E-state index in [4.69, 9.17) is 26.3 Å². The molecule has 0 aliphatic heterocycles. The van der Waals surface area contributed by atoms with Crippen molar-refractivity contribution in [1.82, 2.24) is 19.4 Å². The molecule has 1 aromatic carbocycles. The lowest BCUT2D eigenvalue weighted by molar-refractivity contribution is 0.0915. The number of benzene rings is 1. The van der Waals surface area contributed by atoms with E-state index in [1.807, 2.05) is 30.3 Å². The maximum atomic E-state index is 12.9. The number of rotatable bonds is 3. The van der Waals surface area contributed by atoms with Crippen molar-refractivity contribution in [2.24, 2.45) is 5.41 Å². The highest BCUT2D eigenvalue weighted by atomic mass is 35.5. The van der Waals surface area contributed by atoms with Gasteiger partial charge in [-0.15, -0.1) is 11.3 Å². The summed E-state index contributed by atoms with van der Waals surface area (Å²) in [6.07, 6.45) is 1.35. The van der Waals surface area contributed by atoms with E-state index in [0.29, 0.717) is 16.6 Å². The Hall–Kier alpha value is -2.68. The fraction of sp³-hybridized carbons (Fsp3) is 0.261. The van der Waals surface area contributed by atoms with Gasteiger partial charge in [0.05, 0.1) is 32.2 Å². The van der Waals surface area contributed by atoms with E-state index in [9.17, 15) is 4.79 Å². The van der Waals surface area contributed by atoms with Crippen LogP contribution < -0.4 is 4.74 Å². The van der Waals surface area contributed by atoms with Crippen LogP contribution in [0, 0.1) is 5.41 Å². The van der Waals surface area contributed by atoms with Gasteiger partial charge in [-0.2, -0.15) is 0 Å². The molecule has 0 saturated heterocycles. The van der Waals surface area contributed by atoms with Crippen molar-refractivity contribution in [1.29, 1.82) is 0 Å². The predicted octanol–water partition coefficient (Wildman–Crippen LogP) is 6.48. The zero-order chi connectivity index (χ0) is 22.2. The lowest BCUT2D eigenvalue weighted by Crippen LogP contribution is -2.26. The number of ketones is 1. The molecule has 0 atom stereocenters. The third-order valence-corrected chi connectivity index (χ3v) is 8.19. The highest BCUT2D eigenvalue weighted by Gasteiger charge is 2.36. The van der Waals surface area contributed by atoms with E-state index in [0.717, 1.165) is 55.0 Å². The van der Waals surface area contributed by atoms with Gasteiger partial charge < -0.3 is 9.72 Å². The minimum absolute atomic E-state index is 0.104. The first-order valence-electron chi connectivity index (χ1n) is 10.2. The average molecular weight is 483 g/mol. The number of nitrogens with zero attached hydrogens (tertiary/aromatic N) is 3. The number of methoxy groups -OCH3 is 1. The number of halogens is 1. The smallest absolute Gasteiger partial charge is 0.195 e. The lowest BCUT2D eigenvalue weighted by Gasteiger charge is -2.28. The first-order valence-corrected chi connectivity index (χ1v) is 12.2. The van der Waals surface area contributed by atoms with Gasteiger partial charge in [-0.25, -0.2) is 9.97 Å². The average Bonchev–Trinajstić information content (AvgIpc) is 3.48. The number of ether oxygens (including phenoxy) is 1. The van der Waals surface area contributed by atoms with Crippen LogP contribution in [0.1, 0.15) is 35.6 Å². The van der Waals surface area contributed by atoms with Gasteiger partial charge in [0.2, 0.25) is 0 Å². The summed E-state index contributed by atoms with van der Waals surface area (Å²) in [6.45, 7) is 4.28. The molecule has 4 heterocycles. The second kappa shape index (κ2) is 6.91. The van der Waals surface area contributed by atoms with E-state index in [2.05, 4.69) is 23.2 Å². The number of fused-ring (bicyclic) bond motifs is 4. The maximum Gasteiger partial charge on any atom is 0.195 e. The quantitative estimate of drug-likeness (QED) is 0.319. The highest BCUT2D eigenvalue weighted by Crippen LogP contribution is 2.44. The SMILES string of the molecule is COc1ccc2nc(-c3c(-c4ccc(Cl)s4)nc4sc5c(n34)CC(C)(C)CC5=O)[nH]c2c1. The van der Waals surface area contributed by atoms with Crippen LogP contribution in [-0.2, 0) is 6.42 Å². The zero-order valence-corrected chi connectivity index (χ0v) is 20.0. The van der Waals surface area contributed by atoms with Gasteiger partial charge in [0, 0.05) is 18.2 Å². The topological polar surface area (TPSA) is 72.3 Å². The maximum absolute atomic E-state index is 12.9. The summed E-state index contributed by atoms with van der Waals surface area (Å²) in [4.78, 5) is 28.8. The molecule has 0 amide bonds. The second-order valence-corrected chi connectivity index (χ2v) is 11.5. The number of carbonyl (C=O) groups is 1. The van der Waals surface area contributed by atoms with Gasteiger partial charge in [-0.3, -0.25) is 9.20 Å². The van der Waals surface area contributed by atoms with Crippen LogP contribution in [0.25, 0.3) is 38.1 Å². The lowest BCUT2D eigenvalue weighted by atomic mass is 9.78. The molecule has 1 aliphatic rings. The molecule has 0 spiro atoms. The van der Waals surface area contributed by atoms with Crippen molar-refractivity contribution >= 4 is 56.1 Å². The third-order valence-electron chi connectivity index (χ3n) is 5.83. The Kier molecular flexibility index (Phi) is 4.31. The Morgan fingerprint density at radius 1 is 1.16 bits per heavy atom. The van der Waals surface area contributed by atoms with E-state index in [-0.39, 0.29) is 11.2 Å². The Morgan fingerprint density at radius 2 is 2.00 bits per heavy atom. The normalized spacial score (nSPS) is 15.6. The van der Waals surface area contributed by atoms with Crippen molar-refractivity contribution in [3.05, 3.63) is 45.2 Å². The molecule has 162 valence electrons. The number of thiophene rings is 1. The van der Waals surface area contributed by atoms with Crippen molar-refractivity contribution in [2.45, 2.75) is 26.7 Å². The van der Waals surface area contributed by atoms with Crippen LogP contribution in [0.4, 0.5) is 0 Å². The summed E-state index contributed by atoms with van der Waals surface area (Å²) in [5, 5.41) is 0. The minimum atomic E-state index is -0.104. The van der Waals surface area contributed by atoms with Gasteiger partial charge in [0.15, 0.2) is 16.6 Å². The van der Waals surface area contributed by atoms with E-state index in [1.54, 1.807) is 7.11 Å². The van der Waals surface area contributed by atoms with Crippen molar-refractivity contribution < 1.29 is 9.53 Å². The largest absolute Gasteiger partial charge is 0.497 e. The van der Waals surface area contributed by atoms with Crippen LogP contribution in [0.3, 0.4) is 0 Å². The molecular formula is C23H19ClN4O2S2. The molecule has 6 nitrogen and oxygen atoms in total. The van der Waals surface area contributed by atoms with Crippen LogP contribution in [0.2, 0.25) is 4.34 Å². The molecule has 0 saturated carbocycles. The fourth-order valence-electron chi connectivity index (χ4n) is 4.44. The van der Waals surface area contributed by atoms with E-state index < -0.39 is 0 Å². The van der Waals surface area contributed by atoms with Crippen LogP contribution in [-0.4, -0.2) is 32.2 Å². The number of thiazole rings is 1. The highest BCUT2D eigenvalue weighted by molar-refractivity contribution is 7.20. The zero-order valence-electron chi connectivity index (χ0n) is 17.7. The summed E-state index contributed by atoms with van der Waals surface area (Å²) >= 11 is 9.20. The molecule has 4 aromatic heterocycles. The standard InChI is InChI=1S/C23H19ClN4O2S2/c1-23(2)9-14-20(15(29)10-23)32-22-27-18(16-6-7-17(24)31-16)19(28(14)22)21-25-12-5-4-11(30-3)8-13(12)26-21/h4-8H,9-10H2,1-3H3,(H,25,26). The summed E-state index contributed by atoms with van der Waals surface area (Å²) < 4.78 is 8.20. The summed E-state index contributed by atoms with van der Waals surface area (Å²) in [5.74, 6) is 1.65. The Balaban J connectivity index is 1.67.